The van der Waals surface area contributed by atoms with Gasteiger partial charge in [-0.1, -0.05) is 30.3 Å². The fourth-order valence-electron chi connectivity index (χ4n) is 2.45. The van der Waals surface area contributed by atoms with E-state index >= 15 is 0 Å². The number of aromatic nitrogens is 1. The second kappa shape index (κ2) is 5.81. The average molecular weight is 327 g/mol. The third-order valence-electron chi connectivity index (χ3n) is 3.54. The number of esters is 1. The van der Waals surface area contributed by atoms with Crippen molar-refractivity contribution >= 4 is 27.9 Å². The molecule has 0 aliphatic rings. The molecule has 0 saturated heterocycles. The molecule has 0 spiro atoms. The average Bonchev–Trinajstić information content (AvgIpc) is 2.96. The predicted octanol–water partition coefficient (Wildman–Crippen LogP) is 2.69. The number of ether oxygens (including phenoxy) is 1. The first-order valence-corrected chi connectivity index (χ1v) is 7.74. The first-order valence-electron chi connectivity index (χ1n) is 6.86. The van der Waals surface area contributed by atoms with Crippen LogP contribution in [0.2, 0.25) is 0 Å². The zero-order chi connectivity index (χ0) is 16.6. The van der Waals surface area contributed by atoms with Gasteiger partial charge in [0.25, 0.3) is 5.56 Å². The molecule has 3 rings (SSSR count). The molecular formula is C17H13NO4S. The molecule has 0 unspecified atom stereocenters. The first-order chi connectivity index (χ1) is 11.0. The van der Waals surface area contributed by atoms with Gasteiger partial charge in [0.1, 0.15) is 4.83 Å². The fourth-order valence-corrected chi connectivity index (χ4v) is 3.50. The summed E-state index contributed by atoms with van der Waals surface area (Å²) < 4.78 is 6.18. The van der Waals surface area contributed by atoms with Gasteiger partial charge in [-0.05, 0) is 6.92 Å². The summed E-state index contributed by atoms with van der Waals surface area (Å²) in [5.41, 5.74) is 0.996. The van der Waals surface area contributed by atoms with E-state index in [0.717, 1.165) is 6.07 Å². The number of methoxy groups -OCH3 is 1. The van der Waals surface area contributed by atoms with Gasteiger partial charge in [-0.2, -0.15) is 0 Å². The minimum atomic E-state index is -0.699. The van der Waals surface area contributed by atoms with E-state index in [-0.39, 0.29) is 22.5 Å². The minimum Gasteiger partial charge on any atom is -0.465 e. The lowest BCUT2D eigenvalue weighted by molar-refractivity contribution is 0.0597. The van der Waals surface area contributed by atoms with Gasteiger partial charge in [0.05, 0.1) is 18.2 Å². The number of thiazole rings is 1. The zero-order valence-corrected chi connectivity index (χ0v) is 13.3. The van der Waals surface area contributed by atoms with E-state index in [1.807, 2.05) is 0 Å². The number of benzene rings is 1. The molecule has 0 bridgehead atoms. The molecule has 3 aromatic rings. The van der Waals surface area contributed by atoms with E-state index in [2.05, 4.69) is 0 Å². The van der Waals surface area contributed by atoms with E-state index in [1.54, 1.807) is 42.6 Å². The van der Waals surface area contributed by atoms with Crippen LogP contribution in [0.4, 0.5) is 0 Å². The monoisotopic (exact) mass is 327 g/mol. The van der Waals surface area contributed by atoms with Gasteiger partial charge in [0.15, 0.2) is 5.78 Å². The van der Waals surface area contributed by atoms with Gasteiger partial charge < -0.3 is 4.74 Å². The molecule has 116 valence electrons. The largest absolute Gasteiger partial charge is 0.465 e. The van der Waals surface area contributed by atoms with Gasteiger partial charge >= 0.3 is 5.97 Å². The van der Waals surface area contributed by atoms with Crippen LogP contribution in [0.5, 0.6) is 0 Å². The molecule has 0 atom stereocenters. The van der Waals surface area contributed by atoms with Crippen LogP contribution in [-0.2, 0) is 4.74 Å². The van der Waals surface area contributed by atoms with Gasteiger partial charge in [-0.15, -0.1) is 11.3 Å². The van der Waals surface area contributed by atoms with Crippen molar-refractivity contribution in [1.29, 1.82) is 0 Å². The second-order valence-electron chi connectivity index (χ2n) is 4.98. The summed E-state index contributed by atoms with van der Waals surface area (Å²) in [4.78, 5) is 37.7. The quantitative estimate of drug-likeness (QED) is 0.548. The Hall–Kier alpha value is -2.73. The number of pyridine rings is 1. The van der Waals surface area contributed by atoms with E-state index in [9.17, 15) is 14.4 Å². The number of carbonyl (C=O) groups excluding carboxylic acids is 2. The van der Waals surface area contributed by atoms with Crippen LogP contribution in [-0.4, -0.2) is 23.3 Å². The van der Waals surface area contributed by atoms with Crippen LogP contribution in [0.15, 0.2) is 46.6 Å². The Morgan fingerprint density at radius 1 is 1.17 bits per heavy atom. The maximum atomic E-state index is 12.9. The van der Waals surface area contributed by atoms with Gasteiger partial charge in [-0.25, -0.2) is 4.79 Å². The van der Waals surface area contributed by atoms with Crippen LogP contribution in [0.3, 0.4) is 0 Å². The first kappa shape index (κ1) is 15.2. The molecule has 0 N–H and O–H groups in total. The molecule has 0 aliphatic carbocycles. The van der Waals surface area contributed by atoms with Crippen molar-refractivity contribution in [2.45, 2.75) is 6.92 Å². The Labute approximate surface area is 135 Å². The third-order valence-corrected chi connectivity index (χ3v) is 4.61. The highest BCUT2D eigenvalue weighted by molar-refractivity contribution is 7.16. The molecule has 2 aromatic heterocycles. The topological polar surface area (TPSA) is 64.8 Å². The summed E-state index contributed by atoms with van der Waals surface area (Å²) in [5, 5.41) is 1.78. The molecule has 0 fully saturated rings. The van der Waals surface area contributed by atoms with Crippen molar-refractivity contribution < 1.29 is 14.3 Å². The summed E-state index contributed by atoms with van der Waals surface area (Å²) >= 11 is 1.25. The van der Waals surface area contributed by atoms with Crippen LogP contribution in [0.1, 0.15) is 32.0 Å². The lowest BCUT2D eigenvalue weighted by atomic mass is 10.00. The Balaban J connectivity index is 2.37. The normalized spacial score (nSPS) is 10.7. The van der Waals surface area contributed by atoms with Crippen molar-refractivity contribution in [3.63, 3.8) is 0 Å². The summed E-state index contributed by atoms with van der Waals surface area (Å²) in [6.07, 6.45) is 0. The Morgan fingerprint density at radius 2 is 1.87 bits per heavy atom. The highest BCUT2D eigenvalue weighted by atomic mass is 32.1. The molecule has 5 nitrogen and oxygen atoms in total. The number of ketones is 1. The van der Waals surface area contributed by atoms with Crippen molar-refractivity contribution in [1.82, 2.24) is 4.40 Å². The lowest BCUT2D eigenvalue weighted by Crippen LogP contribution is -2.21. The Morgan fingerprint density at radius 3 is 2.52 bits per heavy atom. The summed E-state index contributed by atoms with van der Waals surface area (Å²) in [7, 11) is 1.22. The van der Waals surface area contributed by atoms with Gasteiger partial charge in [0, 0.05) is 22.7 Å². The zero-order valence-electron chi connectivity index (χ0n) is 12.5. The van der Waals surface area contributed by atoms with E-state index in [0.29, 0.717) is 16.1 Å². The Kier molecular flexibility index (Phi) is 3.83. The molecule has 0 saturated carbocycles. The molecule has 6 heteroatoms. The van der Waals surface area contributed by atoms with Crippen LogP contribution < -0.4 is 5.56 Å². The van der Waals surface area contributed by atoms with E-state index < -0.39 is 5.97 Å². The van der Waals surface area contributed by atoms with Gasteiger partial charge in [-0.3, -0.25) is 14.0 Å². The highest BCUT2D eigenvalue weighted by Gasteiger charge is 2.25. The molecular weight excluding hydrogens is 314 g/mol. The van der Waals surface area contributed by atoms with Crippen molar-refractivity contribution in [3.8, 4) is 0 Å². The minimum absolute atomic E-state index is 0.00629. The van der Waals surface area contributed by atoms with Gasteiger partial charge in [0.2, 0.25) is 0 Å². The standard InChI is InChI=1S/C17H13NO4S/c1-10-9-23-16-14(15(20)11-6-4-3-5-7-11)12(17(21)22-2)8-13(19)18(10)16/h3-9H,1-2H3. The number of hydrogen-bond acceptors (Lipinski definition) is 5. The number of fused-ring (bicyclic) bond motifs is 1. The smallest absolute Gasteiger partial charge is 0.338 e. The van der Waals surface area contributed by atoms with Crippen LogP contribution in [0, 0.1) is 6.92 Å². The van der Waals surface area contributed by atoms with Crippen molar-refractivity contribution in [3.05, 3.63) is 74.5 Å². The third kappa shape index (κ3) is 2.47. The highest BCUT2D eigenvalue weighted by Crippen LogP contribution is 2.25. The number of aryl methyl sites for hydroxylation is 1. The molecule has 1 aromatic carbocycles. The maximum Gasteiger partial charge on any atom is 0.338 e. The maximum absolute atomic E-state index is 12.9. The number of nitrogens with zero attached hydrogens (tertiary/aromatic N) is 1. The number of carbonyl (C=O) groups is 2. The van der Waals surface area contributed by atoms with E-state index in [4.69, 9.17) is 4.74 Å². The second-order valence-corrected chi connectivity index (χ2v) is 5.83. The van der Waals surface area contributed by atoms with Crippen molar-refractivity contribution in [2.75, 3.05) is 7.11 Å². The Bertz CT molecular complexity index is 969. The predicted molar refractivity (Wildman–Crippen MR) is 87.5 cm³/mol. The summed E-state index contributed by atoms with van der Waals surface area (Å²) in [6, 6.07) is 9.80. The van der Waals surface area contributed by atoms with Crippen LogP contribution in [0.25, 0.3) is 4.83 Å². The van der Waals surface area contributed by atoms with Crippen molar-refractivity contribution in [2.24, 2.45) is 0 Å². The van der Waals surface area contributed by atoms with E-state index in [1.165, 1.54) is 22.8 Å². The number of hydrogen-bond donors (Lipinski definition) is 0. The summed E-state index contributed by atoms with van der Waals surface area (Å²) in [5.74, 6) is -1.01. The molecule has 0 aliphatic heterocycles. The number of rotatable bonds is 3. The lowest BCUT2D eigenvalue weighted by Gasteiger charge is -2.09. The SMILES string of the molecule is COC(=O)c1cc(=O)n2c(C)csc2c1C(=O)c1ccccc1. The molecule has 0 amide bonds. The molecule has 0 radical (unpaired) electrons. The molecule has 2 heterocycles. The van der Waals surface area contributed by atoms with Crippen LogP contribution >= 0.6 is 11.3 Å². The summed E-state index contributed by atoms with van der Waals surface area (Å²) in [6.45, 7) is 1.78. The molecule has 23 heavy (non-hydrogen) atoms. The fraction of sp³-hybridized carbons (Fsp3) is 0.118.